The van der Waals surface area contributed by atoms with Crippen LogP contribution < -0.4 is 5.32 Å². The quantitative estimate of drug-likeness (QED) is 0.443. The first-order chi connectivity index (χ1) is 16.6. The summed E-state index contributed by atoms with van der Waals surface area (Å²) >= 11 is 0. The molecule has 1 aromatic heterocycles. The van der Waals surface area contributed by atoms with Crippen LogP contribution in [0, 0.1) is 6.92 Å². The highest BCUT2D eigenvalue weighted by molar-refractivity contribution is 5.91. The summed E-state index contributed by atoms with van der Waals surface area (Å²) in [5.74, 6) is 1.21. The zero-order valence-electron chi connectivity index (χ0n) is 21.2. The van der Waals surface area contributed by atoms with Gasteiger partial charge in [-0.3, -0.25) is 9.69 Å². The summed E-state index contributed by atoms with van der Waals surface area (Å²) in [5, 5.41) is 3.06. The van der Waals surface area contributed by atoms with Crippen molar-refractivity contribution in [3.63, 3.8) is 0 Å². The summed E-state index contributed by atoms with van der Waals surface area (Å²) in [6.45, 7) is 9.08. The van der Waals surface area contributed by atoms with Crippen molar-refractivity contribution in [1.29, 1.82) is 0 Å². The van der Waals surface area contributed by atoms with Crippen molar-refractivity contribution in [2.45, 2.75) is 96.8 Å². The van der Waals surface area contributed by atoms with E-state index in [9.17, 15) is 4.79 Å². The van der Waals surface area contributed by atoms with Gasteiger partial charge in [-0.1, -0.05) is 55.5 Å². The summed E-state index contributed by atoms with van der Waals surface area (Å²) in [7, 11) is 0. The maximum atomic E-state index is 12.7. The fraction of sp³-hybridized carbons (Fsp3) is 0.621. The molecule has 186 valence electrons. The van der Waals surface area contributed by atoms with E-state index in [4.69, 9.17) is 4.42 Å². The van der Waals surface area contributed by atoms with Gasteiger partial charge >= 0.3 is 0 Å². The lowest BCUT2D eigenvalue weighted by molar-refractivity contribution is 0.0911. The van der Waals surface area contributed by atoms with E-state index in [1.54, 1.807) is 0 Å². The molecule has 1 aliphatic carbocycles. The van der Waals surface area contributed by atoms with Crippen molar-refractivity contribution in [2.75, 3.05) is 19.6 Å². The van der Waals surface area contributed by atoms with Gasteiger partial charge in [0.1, 0.15) is 5.76 Å². The standard InChI is InChI=1S/C29H43N3O2/c1-23-10-8-12-25(20-23)21-32(26-13-4-3-5-14-26)22-27-15-16-28(34-27)29(33)30-17-9-19-31-18-7-6-11-24(31)2/h8,10,12,15-16,20,24,26H,3-7,9,11,13-14,17-19,21-22H2,1-2H3,(H,30,33). The molecule has 0 spiro atoms. The number of carbonyl (C=O) groups excluding carboxylic acids is 1. The number of hydrogen-bond acceptors (Lipinski definition) is 4. The molecule has 1 aliphatic heterocycles. The summed E-state index contributed by atoms with van der Waals surface area (Å²) in [6.07, 6.45) is 11.4. The number of carbonyl (C=O) groups is 1. The van der Waals surface area contributed by atoms with E-state index < -0.39 is 0 Å². The number of nitrogens with one attached hydrogen (secondary N) is 1. The molecule has 2 aromatic rings. The molecule has 1 N–H and O–H groups in total. The van der Waals surface area contributed by atoms with Gasteiger partial charge in [-0.2, -0.15) is 0 Å². The first-order valence-corrected chi connectivity index (χ1v) is 13.5. The Hall–Kier alpha value is -2.11. The Balaban J connectivity index is 1.30. The molecular weight excluding hydrogens is 422 g/mol. The molecule has 1 amide bonds. The van der Waals surface area contributed by atoms with Crippen LogP contribution in [-0.4, -0.2) is 47.4 Å². The molecule has 0 bridgehead atoms. The molecule has 5 nitrogen and oxygen atoms in total. The molecule has 4 rings (SSSR count). The van der Waals surface area contributed by atoms with Gasteiger partial charge in [0.2, 0.25) is 0 Å². The Morgan fingerprint density at radius 1 is 1.06 bits per heavy atom. The number of amides is 1. The summed E-state index contributed by atoms with van der Waals surface area (Å²) in [4.78, 5) is 17.8. The Morgan fingerprint density at radius 2 is 1.88 bits per heavy atom. The van der Waals surface area contributed by atoms with Crippen LogP contribution in [0.1, 0.15) is 92.2 Å². The van der Waals surface area contributed by atoms with Gasteiger partial charge in [0.05, 0.1) is 6.54 Å². The highest BCUT2D eigenvalue weighted by Crippen LogP contribution is 2.26. The number of piperidine rings is 1. The molecule has 1 saturated carbocycles. The first kappa shape index (κ1) is 25.0. The minimum Gasteiger partial charge on any atom is -0.455 e. The van der Waals surface area contributed by atoms with Crippen LogP contribution in [0.25, 0.3) is 0 Å². The minimum atomic E-state index is -0.0964. The third-order valence-corrected chi connectivity index (χ3v) is 7.65. The van der Waals surface area contributed by atoms with Gasteiger partial charge < -0.3 is 14.6 Å². The molecular formula is C29H43N3O2. The van der Waals surface area contributed by atoms with Crippen molar-refractivity contribution in [3.05, 3.63) is 59.0 Å². The Bertz CT molecular complexity index is 902. The molecule has 1 atom stereocenters. The van der Waals surface area contributed by atoms with E-state index in [-0.39, 0.29) is 5.91 Å². The van der Waals surface area contributed by atoms with E-state index in [2.05, 4.69) is 53.2 Å². The number of benzene rings is 1. The van der Waals surface area contributed by atoms with Crippen molar-refractivity contribution < 1.29 is 9.21 Å². The Kier molecular flexibility index (Phi) is 9.23. The number of nitrogens with zero attached hydrogens (tertiary/aromatic N) is 2. The number of furan rings is 1. The van der Waals surface area contributed by atoms with E-state index in [0.717, 1.165) is 31.8 Å². The van der Waals surface area contributed by atoms with Gasteiger partial charge in [0, 0.05) is 31.7 Å². The Labute approximate surface area is 205 Å². The largest absolute Gasteiger partial charge is 0.455 e. The monoisotopic (exact) mass is 465 g/mol. The summed E-state index contributed by atoms with van der Waals surface area (Å²) < 4.78 is 6.03. The van der Waals surface area contributed by atoms with Crippen LogP contribution >= 0.6 is 0 Å². The second-order valence-electron chi connectivity index (χ2n) is 10.4. The first-order valence-electron chi connectivity index (χ1n) is 13.5. The van der Waals surface area contributed by atoms with E-state index in [1.807, 2.05) is 12.1 Å². The second-order valence-corrected chi connectivity index (χ2v) is 10.4. The second kappa shape index (κ2) is 12.6. The molecule has 0 radical (unpaired) electrons. The van der Waals surface area contributed by atoms with Crippen LogP contribution in [0.3, 0.4) is 0 Å². The van der Waals surface area contributed by atoms with Crippen molar-refractivity contribution >= 4 is 5.91 Å². The van der Waals surface area contributed by atoms with Crippen molar-refractivity contribution in [1.82, 2.24) is 15.1 Å². The van der Waals surface area contributed by atoms with Gasteiger partial charge in [-0.05, 0) is 70.2 Å². The number of aryl methyl sites for hydroxylation is 1. The normalized spacial score (nSPS) is 20.0. The molecule has 1 unspecified atom stereocenters. The van der Waals surface area contributed by atoms with Crippen LogP contribution in [0.4, 0.5) is 0 Å². The van der Waals surface area contributed by atoms with Gasteiger partial charge in [-0.25, -0.2) is 0 Å². The molecule has 2 heterocycles. The van der Waals surface area contributed by atoms with Gasteiger partial charge in [-0.15, -0.1) is 0 Å². The topological polar surface area (TPSA) is 48.7 Å². The lowest BCUT2D eigenvalue weighted by Gasteiger charge is -2.34. The van der Waals surface area contributed by atoms with Gasteiger partial charge in [0.25, 0.3) is 5.91 Å². The number of hydrogen-bond donors (Lipinski definition) is 1. The molecule has 5 heteroatoms. The molecule has 2 aliphatic rings. The summed E-state index contributed by atoms with van der Waals surface area (Å²) in [5.41, 5.74) is 2.64. The average molecular weight is 466 g/mol. The predicted molar refractivity (Wildman–Crippen MR) is 138 cm³/mol. The molecule has 1 saturated heterocycles. The molecule has 1 aromatic carbocycles. The van der Waals surface area contributed by atoms with E-state index in [1.165, 1.54) is 69.0 Å². The van der Waals surface area contributed by atoms with Crippen LogP contribution in [-0.2, 0) is 13.1 Å². The highest BCUT2D eigenvalue weighted by atomic mass is 16.4. The van der Waals surface area contributed by atoms with Crippen LogP contribution in [0.15, 0.2) is 40.8 Å². The Morgan fingerprint density at radius 3 is 2.68 bits per heavy atom. The number of likely N-dealkylation sites (tertiary alicyclic amines) is 1. The van der Waals surface area contributed by atoms with Crippen LogP contribution in [0.2, 0.25) is 0 Å². The average Bonchev–Trinajstić information content (AvgIpc) is 3.32. The SMILES string of the molecule is Cc1cccc(CN(Cc2ccc(C(=O)NCCCN3CCCCC3C)o2)C2CCCCC2)c1. The molecule has 2 fully saturated rings. The van der Waals surface area contributed by atoms with Gasteiger partial charge in [0.15, 0.2) is 5.76 Å². The zero-order chi connectivity index (χ0) is 23.8. The fourth-order valence-corrected chi connectivity index (χ4v) is 5.65. The third-order valence-electron chi connectivity index (χ3n) is 7.65. The smallest absolute Gasteiger partial charge is 0.286 e. The maximum Gasteiger partial charge on any atom is 0.286 e. The zero-order valence-corrected chi connectivity index (χ0v) is 21.2. The van der Waals surface area contributed by atoms with Crippen molar-refractivity contribution in [2.24, 2.45) is 0 Å². The lowest BCUT2D eigenvalue weighted by Crippen LogP contribution is -2.39. The third kappa shape index (κ3) is 7.19. The van der Waals surface area contributed by atoms with E-state index in [0.29, 0.717) is 24.4 Å². The number of rotatable bonds is 10. The molecule has 34 heavy (non-hydrogen) atoms. The minimum absolute atomic E-state index is 0.0964. The maximum absolute atomic E-state index is 12.7. The highest BCUT2D eigenvalue weighted by Gasteiger charge is 2.23. The van der Waals surface area contributed by atoms with E-state index >= 15 is 0 Å². The predicted octanol–water partition coefficient (Wildman–Crippen LogP) is 5.92. The summed E-state index contributed by atoms with van der Waals surface area (Å²) in [6, 6.07) is 13.9. The fourth-order valence-electron chi connectivity index (χ4n) is 5.65. The van der Waals surface area contributed by atoms with Crippen LogP contribution in [0.5, 0.6) is 0 Å². The van der Waals surface area contributed by atoms with Crippen molar-refractivity contribution in [3.8, 4) is 0 Å². The lowest BCUT2D eigenvalue weighted by atomic mass is 9.93.